The number of imidazole rings is 1. The molecule has 0 aliphatic heterocycles. The molecule has 6 rings (SSSR count). The van der Waals surface area contributed by atoms with Crippen molar-refractivity contribution in [2.24, 2.45) is 0 Å². The first kappa shape index (κ1) is 27.3. The second-order valence-corrected chi connectivity index (χ2v) is 9.19. The van der Waals surface area contributed by atoms with Gasteiger partial charge in [-0.2, -0.15) is 13.2 Å². The summed E-state index contributed by atoms with van der Waals surface area (Å²) in [4.78, 5) is 16.5. The number of rotatable bonds is 1. The second-order valence-electron chi connectivity index (χ2n) is 9.19. The fourth-order valence-electron chi connectivity index (χ4n) is 3.77. The van der Waals surface area contributed by atoms with Gasteiger partial charge in [0.15, 0.2) is 0 Å². The van der Waals surface area contributed by atoms with E-state index >= 15 is 0 Å². The zero-order chi connectivity index (χ0) is 26.4. The molecule has 38 heavy (non-hydrogen) atoms. The van der Waals surface area contributed by atoms with Crippen molar-refractivity contribution in [2.75, 3.05) is 0 Å². The molecule has 7 nitrogen and oxygen atoms in total. The number of pyridine rings is 1. The smallest absolute Gasteiger partial charge is 0.413 e. The van der Waals surface area contributed by atoms with E-state index in [0.717, 1.165) is 27.9 Å². The molecule has 196 valence electrons. The molecular formula is C26H19F4N7Pt. The van der Waals surface area contributed by atoms with E-state index in [1.807, 2.05) is 24.3 Å². The minimum atomic E-state index is -4.57. The van der Waals surface area contributed by atoms with Gasteiger partial charge in [-0.1, -0.05) is 50.4 Å². The number of aromatic nitrogens is 7. The van der Waals surface area contributed by atoms with Crippen LogP contribution in [-0.4, -0.2) is 29.4 Å². The number of hydrogen-bond acceptors (Lipinski definition) is 5. The van der Waals surface area contributed by atoms with Gasteiger partial charge < -0.3 is 14.5 Å². The van der Waals surface area contributed by atoms with Crippen LogP contribution in [0.2, 0.25) is 0 Å². The first-order valence-electron chi connectivity index (χ1n) is 11.2. The van der Waals surface area contributed by atoms with Crippen LogP contribution < -0.4 is 5.10 Å². The normalized spacial score (nSPS) is 11.9. The number of halogens is 4. The SMILES string of the molecule is CC(C)(C)c1nc2cc(F)c[c-]c2c2nc3ccccc3n12.FC(F)(F)c1n[n-]c(-c2ccccn2)n1.[Pt+2]. The van der Waals surface area contributed by atoms with Gasteiger partial charge in [-0.15, -0.1) is 12.1 Å². The third-order valence-electron chi connectivity index (χ3n) is 5.38. The number of nitrogens with zero attached hydrogens (tertiary/aromatic N) is 7. The Kier molecular flexibility index (Phi) is 7.34. The van der Waals surface area contributed by atoms with Crippen LogP contribution in [0.15, 0.2) is 60.8 Å². The van der Waals surface area contributed by atoms with Crippen LogP contribution in [0.4, 0.5) is 17.6 Å². The largest absolute Gasteiger partial charge is 2.00 e. The molecule has 0 bridgehead atoms. The van der Waals surface area contributed by atoms with Gasteiger partial charge in [0, 0.05) is 17.4 Å². The molecule has 0 spiro atoms. The molecular weight excluding hydrogens is 681 g/mol. The van der Waals surface area contributed by atoms with Crippen molar-refractivity contribution in [3.8, 4) is 11.5 Å². The van der Waals surface area contributed by atoms with Crippen molar-refractivity contribution in [2.45, 2.75) is 32.4 Å². The molecule has 0 unspecified atom stereocenters. The Bertz CT molecular complexity index is 1720. The van der Waals surface area contributed by atoms with Crippen molar-refractivity contribution in [3.05, 3.63) is 84.3 Å². The van der Waals surface area contributed by atoms with Crippen LogP contribution in [0, 0.1) is 11.9 Å². The predicted octanol–water partition coefficient (Wildman–Crippen LogP) is 5.78. The summed E-state index contributed by atoms with van der Waals surface area (Å²) in [7, 11) is 0. The van der Waals surface area contributed by atoms with Crippen molar-refractivity contribution in [1.82, 2.24) is 34.5 Å². The molecule has 6 aromatic rings. The van der Waals surface area contributed by atoms with Gasteiger partial charge in [0.05, 0.1) is 22.4 Å². The Labute approximate surface area is 228 Å². The summed E-state index contributed by atoms with van der Waals surface area (Å²) in [6.45, 7) is 6.29. The number of benzene rings is 2. The maximum absolute atomic E-state index is 13.6. The molecule has 0 saturated carbocycles. The Balaban J connectivity index is 0.000000185. The summed E-state index contributed by atoms with van der Waals surface area (Å²) in [5.41, 5.74) is 3.35. The van der Waals surface area contributed by atoms with E-state index in [0.29, 0.717) is 5.52 Å². The summed E-state index contributed by atoms with van der Waals surface area (Å²) in [5, 5.41) is 6.99. The molecule has 0 saturated heterocycles. The second kappa shape index (κ2) is 10.2. The van der Waals surface area contributed by atoms with E-state index < -0.39 is 12.0 Å². The predicted molar refractivity (Wildman–Crippen MR) is 129 cm³/mol. The van der Waals surface area contributed by atoms with Gasteiger partial charge >= 0.3 is 27.2 Å². The molecule has 0 N–H and O–H groups in total. The maximum atomic E-state index is 13.6. The minimum absolute atomic E-state index is 0. The third kappa shape index (κ3) is 5.29. The average Bonchev–Trinajstić information content (AvgIpc) is 3.50. The monoisotopic (exact) mass is 700 g/mol. The summed E-state index contributed by atoms with van der Waals surface area (Å²) >= 11 is 0. The van der Waals surface area contributed by atoms with E-state index in [1.165, 1.54) is 24.4 Å². The molecule has 0 fully saturated rings. The van der Waals surface area contributed by atoms with Crippen LogP contribution in [0.25, 0.3) is 39.1 Å². The summed E-state index contributed by atoms with van der Waals surface area (Å²) < 4.78 is 52.0. The molecule has 2 aromatic carbocycles. The van der Waals surface area contributed by atoms with Crippen LogP contribution in [0.5, 0.6) is 0 Å². The van der Waals surface area contributed by atoms with Gasteiger partial charge in [-0.25, -0.2) is 0 Å². The van der Waals surface area contributed by atoms with Gasteiger partial charge in [0.25, 0.3) is 0 Å². The quantitative estimate of drug-likeness (QED) is 0.160. The molecule has 0 radical (unpaired) electrons. The van der Waals surface area contributed by atoms with Gasteiger partial charge in [0.2, 0.25) is 0 Å². The topological polar surface area (TPSA) is 83.0 Å². The van der Waals surface area contributed by atoms with Crippen LogP contribution in [0.3, 0.4) is 0 Å². The van der Waals surface area contributed by atoms with Crippen molar-refractivity contribution in [3.63, 3.8) is 0 Å². The molecule has 4 heterocycles. The zero-order valence-electron chi connectivity index (χ0n) is 20.2. The van der Waals surface area contributed by atoms with Gasteiger partial charge in [0.1, 0.15) is 11.6 Å². The molecule has 0 amide bonds. The first-order chi connectivity index (χ1) is 17.5. The molecule has 4 aromatic heterocycles. The van der Waals surface area contributed by atoms with E-state index in [2.05, 4.69) is 51.4 Å². The van der Waals surface area contributed by atoms with E-state index in [1.54, 1.807) is 12.1 Å². The first-order valence-corrected chi connectivity index (χ1v) is 11.2. The van der Waals surface area contributed by atoms with E-state index in [9.17, 15) is 17.6 Å². The Morgan fingerprint density at radius 3 is 2.32 bits per heavy atom. The Morgan fingerprint density at radius 1 is 0.921 bits per heavy atom. The average molecular weight is 701 g/mol. The van der Waals surface area contributed by atoms with E-state index in [-0.39, 0.29) is 43.8 Å². The van der Waals surface area contributed by atoms with Gasteiger partial charge in [-0.05, 0) is 35.6 Å². The third-order valence-corrected chi connectivity index (χ3v) is 5.38. The summed E-state index contributed by atoms with van der Waals surface area (Å²) in [5.74, 6) is -0.839. The van der Waals surface area contributed by atoms with Crippen molar-refractivity contribution in [1.29, 1.82) is 0 Å². The molecule has 12 heteroatoms. The van der Waals surface area contributed by atoms with Crippen LogP contribution in [-0.2, 0) is 32.7 Å². The molecule has 0 atom stereocenters. The van der Waals surface area contributed by atoms with E-state index in [4.69, 9.17) is 9.97 Å². The molecule has 0 aliphatic carbocycles. The Morgan fingerprint density at radius 2 is 1.66 bits per heavy atom. The molecule has 0 aliphatic rings. The standard InChI is InChI=1S/C18H15FN3.C8H4F3N4.Pt/c1-18(2,3)17-21-14-10-11(19)8-9-12(14)16-20-13-6-4-5-7-15(13)22(16)17;9-8(10,11)7-13-6(14-15-7)5-3-1-2-4-12-5;/h4-8,10H,1-3H3;1-4H;/q2*-1;+2. The number of para-hydroxylation sites is 2. The number of fused-ring (bicyclic) bond motifs is 5. The fourth-order valence-corrected chi connectivity index (χ4v) is 3.77. The number of alkyl halides is 3. The van der Waals surface area contributed by atoms with Crippen molar-refractivity contribution < 1.29 is 38.6 Å². The van der Waals surface area contributed by atoms with Crippen LogP contribution >= 0.6 is 0 Å². The minimum Gasteiger partial charge on any atom is -0.413 e. The fraction of sp³-hybridized carbons (Fsp3) is 0.192. The summed E-state index contributed by atoms with van der Waals surface area (Å²) in [6, 6.07) is 18.5. The zero-order valence-corrected chi connectivity index (χ0v) is 22.5. The maximum Gasteiger partial charge on any atom is 2.00 e. The van der Waals surface area contributed by atoms with Crippen molar-refractivity contribution >= 4 is 27.6 Å². The number of hydrogen-bond donors (Lipinski definition) is 0. The van der Waals surface area contributed by atoms with Crippen LogP contribution in [0.1, 0.15) is 32.4 Å². The summed E-state index contributed by atoms with van der Waals surface area (Å²) in [6.07, 6.45) is -3.13. The Hall–Kier alpha value is -3.72. The van der Waals surface area contributed by atoms with Gasteiger partial charge in [-0.3, -0.25) is 24.4 Å².